The molecule has 1 atom stereocenters. The van der Waals surface area contributed by atoms with Gasteiger partial charge in [0.15, 0.2) is 0 Å². The van der Waals surface area contributed by atoms with Crippen molar-refractivity contribution in [2.24, 2.45) is 0 Å². The fraction of sp³-hybridized carbons (Fsp3) is 0.267. The van der Waals surface area contributed by atoms with Crippen molar-refractivity contribution >= 4 is 5.91 Å². The Labute approximate surface area is 107 Å². The number of benzene rings is 1. The maximum Gasteiger partial charge on any atom is 0.255 e. The van der Waals surface area contributed by atoms with Crippen molar-refractivity contribution in [3.63, 3.8) is 0 Å². The molecule has 0 radical (unpaired) electrons. The van der Waals surface area contributed by atoms with E-state index in [1.807, 2.05) is 30.3 Å². The van der Waals surface area contributed by atoms with Gasteiger partial charge in [0.25, 0.3) is 5.91 Å². The van der Waals surface area contributed by atoms with Crippen LogP contribution in [0.2, 0.25) is 0 Å². The number of amides is 1. The Morgan fingerprint density at radius 3 is 2.56 bits per heavy atom. The Morgan fingerprint density at radius 2 is 2.00 bits per heavy atom. The van der Waals surface area contributed by atoms with Crippen LogP contribution in [0.4, 0.5) is 0 Å². The summed E-state index contributed by atoms with van der Waals surface area (Å²) in [5.74, 6) is 0.562. The first-order valence-corrected chi connectivity index (χ1v) is 6.12. The number of carbonyl (C=O) groups is 1. The summed E-state index contributed by atoms with van der Waals surface area (Å²) < 4.78 is 5.15. The first-order chi connectivity index (χ1) is 8.72. The molecule has 3 heteroatoms. The molecule has 1 N–H and O–H groups in total. The Bertz CT molecular complexity index is 516. The Hall–Kier alpha value is -2.03. The predicted octanol–water partition coefficient (Wildman–Crippen LogP) is 3.47. The fourth-order valence-corrected chi connectivity index (χ4v) is 1.96. The molecule has 94 valence electrons. The van der Waals surface area contributed by atoms with E-state index in [9.17, 15) is 4.79 Å². The first-order valence-electron chi connectivity index (χ1n) is 6.12. The summed E-state index contributed by atoms with van der Waals surface area (Å²) in [6, 6.07) is 11.7. The second kappa shape index (κ2) is 5.54. The quantitative estimate of drug-likeness (QED) is 0.893. The molecule has 0 bridgehead atoms. The molecule has 0 fully saturated rings. The zero-order valence-corrected chi connectivity index (χ0v) is 10.6. The second-order valence-corrected chi connectivity index (χ2v) is 4.24. The lowest BCUT2D eigenvalue weighted by atomic mass is 10.0. The second-order valence-electron chi connectivity index (χ2n) is 4.24. The molecule has 0 spiro atoms. The zero-order chi connectivity index (χ0) is 13.0. The van der Waals surface area contributed by atoms with E-state index in [0.717, 1.165) is 12.0 Å². The lowest BCUT2D eigenvalue weighted by Gasteiger charge is -2.17. The van der Waals surface area contributed by atoms with Gasteiger partial charge in [-0.05, 0) is 25.0 Å². The highest BCUT2D eigenvalue weighted by Crippen LogP contribution is 2.17. The van der Waals surface area contributed by atoms with E-state index in [-0.39, 0.29) is 11.9 Å². The molecule has 3 nitrogen and oxygen atoms in total. The zero-order valence-electron chi connectivity index (χ0n) is 10.6. The molecule has 1 amide bonds. The lowest BCUT2D eigenvalue weighted by molar-refractivity contribution is 0.0934. The van der Waals surface area contributed by atoms with E-state index in [0.29, 0.717) is 11.3 Å². The van der Waals surface area contributed by atoms with Gasteiger partial charge in [0.1, 0.15) is 5.76 Å². The van der Waals surface area contributed by atoms with E-state index in [4.69, 9.17) is 4.42 Å². The van der Waals surface area contributed by atoms with Crippen LogP contribution in [0.15, 0.2) is 47.1 Å². The van der Waals surface area contributed by atoms with Gasteiger partial charge in [-0.2, -0.15) is 0 Å². The third-order valence-electron chi connectivity index (χ3n) is 3.02. The summed E-state index contributed by atoms with van der Waals surface area (Å²) in [7, 11) is 0. The molecule has 0 aliphatic rings. The van der Waals surface area contributed by atoms with Crippen LogP contribution < -0.4 is 5.32 Å². The smallest absolute Gasteiger partial charge is 0.255 e. The van der Waals surface area contributed by atoms with Gasteiger partial charge in [-0.1, -0.05) is 37.3 Å². The van der Waals surface area contributed by atoms with Crippen molar-refractivity contribution in [2.75, 3.05) is 0 Å². The summed E-state index contributed by atoms with van der Waals surface area (Å²) in [4.78, 5) is 12.1. The maximum atomic E-state index is 12.1. The molecule has 2 rings (SSSR count). The van der Waals surface area contributed by atoms with Gasteiger partial charge >= 0.3 is 0 Å². The molecule has 1 heterocycles. The van der Waals surface area contributed by atoms with E-state index < -0.39 is 0 Å². The summed E-state index contributed by atoms with van der Waals surface area (Å²) in [5, 5.41) is 3.03. The average Bonchev–Trinajstić information content (AvgIpc) is 2.83. The van der Waals surface area contributed by atoms with Crippen molar-refractivity contribution < 1.29 is 9.21 Å². The van der Waals surface area contributed by atoms with Crippen LogP contribution in [0.3, 0.4) is 0 Å². The standard InChI is InChI=1S/C15H17NO2/c1-3-14(12-7-5-4-6-8-12)16-15(17)13-9-10-18-11(13)2/h4-10,14H,3H2,1-2H3,(H,16,17)/t14-/m0/s1. The van der Waals surface area contributed by atoms with Gasteiger partial charge in [0, 0.05) is 0 Å². The van der Waals surface area contributed by atoms with Crippen LogP contribution in [-0.2, 0) is 0 Å². The van der Waals surface area contributed by atoms with Crippen LogP contribution in [0, 0.1) is 6.92 Å². The lowest BCUT2D eigenvalue weighted by Crippen LogP contribution is -2.28. The Balaban J connectivity index is 2.13. The minimum atomic E-state index is -0.0862. The van der Waals surface area contributed by atoms with Crippen molar-refractivity contribution in [2.45, 2.75) is 26.3 Å². The monoisotopic (exact) mass is 243 g/mol. The number of nitrogens with one attached hydrogen (secondary N) is 1. The van der Waals surface area contributed by atoms with E-state index >= 15 is 0 Å². The van der Waals surface area contributed by atoms with Crippen LogP contribution in [0.5, 0.6) is 0 Å². The minimum absolute atomic E-state index is 0.0352. The number of furan rings is 1. The molecule has 2 aromatic rings. The number of carbonyl (C=O) groups excluding carboxylic acids is 1. The van der Waals surface area contributed by atoms with Gasteiger partial charge in [0.2, 0.25) is 0 Å². The highest BCUT2D eigenvalue weighted by atomic mass is 16.3. The van der Waals surface area contributed by atoms with E-state index in [1.165, 1.54) is 6.26 Å². The SMILES string of the molecule is CC[C@H](NC(=O)c1ccoc1C)c1ccccc1. The van der Waals surface area contributed by atoms with Crippen LogP contribution >= 0.6 is 0 Å². The minimum Gasteiger partial charge on any atom is -0.469 e. The van der Waals surface area contributed by atoms with Crippen LogP contribution in [0.25, 0.3) is 0 Å². The number of hydrogen-bond acceptors (Lipinski definition) is 2. The molecule has 1 aromatic carbocycles. The van der Waals surface area contributed by atoms with Gasteiger partial charge < -0.3 is 9.73 Å². The third-order valence-corrected chi connectivity index (χ3v) is 3.02. The molecular weight excluding hydrogens is 226 g/mol. The molecular formula is C15H17NO2. The van der Waals surface area contributed by atoms with Gasteiger partial charge in [0.05, 0.1) is 17.9 Å². The molecule has 0 aliphatic carbocycles. The highest BCUT2D eigenvalue weighted by Gasteiger charge is 2.16. The Morgan fingerprint density at radius 1 is 1.28 bits per heavy atom. The van der Waals surface area contributed by atoms with Crippen molar-refractivity contribution in [3.05, 3.63) is 59.5 Å². The predicted molar refractivity (Wildman–Crippen MR) is 70.4 cm³/mol. The van der Waals surface area contributed by atoms with Crippen LogP contribution in [-0.4, -0.2) is 5.91 Å². The normalized spacial score (nSPS) is 12.1. The van der Waals surface area contributed by atoms with Gasteiger partial charge in [-0.15, -0.1) is 0 Å². The first kappa shape index (κ1) is 12.4. The highest BCUT2D eigenvalue weighted by molar-refractivity contribution is 5.95. The number of rotatable bonds is 4. The molecule has 1 aromatic heterocycles. The van der Waals surface area contributed by atoms with Crippen molar-refractivity contribution in [1.29, 1.82) is 0 Å². The molecule has 18 heavy (non-hydrogen) atoms. The third kappa shape index (κ3) is 2.62. The van der Waals surface area contributed by atoms with Crippen LogP contribution in [0.1, 0.15) is 41.1 Å². The largest absolute Gasteiger partial charge is 0.469 e. The van der Waals surface area contributed by atoms with E-state index in [2.05, 4.69) is 12.2 Å². The van der Waals surface area contributed by atoms with Crippen molar-refractivity contribution in [1.82, 2.24) is 5.32 Å². The topological polar surface area (TPSA) is 42.2 Å². The summed E-state index contributed by atoms with van der Waals surface area (Å²) in [5.41, 5.74) is 1.72. The van der Waals surface area contributed by atoms with Gasteiger partial charge in [-0.25, -0.2) is 0 Å². The summed E-state index contributed by atoms with van der Waals surface area (Å²) >= 11 is 0. The summed E-state index contributed by atoms with van der Waals surface area (Å²) in [6.45, 7) is 3.85. The average molecular weight is 243 g/mol. The molecule has 0 saturated carbocycles. The fourth-order valence-electron chi connectivity index (χ4n) is 1.96. The molecule has 0 aliphatic heterocycles. The van der Waals surface area contributed by atoms with Crippen molar-refractivity contribution in [3.8, 4) is 0 Å². The number of aryl methyl sites for hydroxylation is 1. The van der Waals surface area contributed by atoms with Gasteiger partial charge in [-0.3, -0.25) is 4.79 Å². The molecule has 0 saturated heterocycles. The van der Waals surface area contributed by atoms with E-state index in [1.54, 1.807) is 13.0 Å². The maximum absolute atomic E-state index is 12.1. The summed E-state index contributed by atoms with van der Waals surface area (Å²) in [6.07, 6.45) is 2.39. The molecule has 0 unspecified atom stereocenters. The Kier molecular flexibility index (Phi) is 3.82. The number of hydrogen-bond donors (Lipinski definition) is 1.